The lowest BCUT2D eigenvalue weighted by Crippen LogP contribution is -2.53. The van der Waals surface area contributed by atoms with Gasteiger partial charge in [-0.3, -0.25) is 13.9 Å². The van der Waals surface area contributed by atoms with Crippen molar-refractivity contribution in [1.82, 2.24) is 10.2 Å². The van der Waals surface area contributed by atoms with Crippen LogP contribution >= 0.6 is 34.8 Å². The van der Waals surface area contributed by atoms with Crippen molar-refractivity contribution in [3.8, 4) is 0 Å². The monoisotopic (exact) mass is 649 g/mol. The van der Waals surface area contributed by atoms with E-state index in [9.17, 15) is 18.0 Å². The van der Waals surface area contributed by atoms with Gasteiger partial charge in [-0.15, -0.1) is 0 Å². The molecule has 1 fully saturated rings. The minimum atomic E-state index is -4.22. The van der Waals surface area contributed by atoms with Crippen LogP contribution in [0.5, 0.6) is 0 Å². The van der Waals surface area contributed by atoms with Crippen molar-refractivity contribution in [1.29, 1.82) is 0 Å². The first kappa shape index (κ1) is 32.1. The molecule has 3 aromatic rings. The van der Waals surface area contributed by atoms with Gasteiger partial charge in [0.15, 0.2) is 0 Å². The molecular formula is C31H34Cl3N3O4S. The minimum Gasteiger partial charge on any atom is -0.352 e. The van der Waals surface area contributed by atoms with Crippen LogP contribution < -0.4 is 9.62 Å². The first-order chi connectivity index (χ1) is 20.0. The Morgan fingerprint density at radius 3 is 2.24 bits per heavy atom. The topological polar surface area (TPSA) is 86.8 Å². The van der Waals surface area contributed by atoms with E-state index in [4.69, 9.17) is 34.8 Å². The van der Waals surface area contributed by atoms with E-state index in [0.29, 0.717) is 22.0 Å². The molecule has 0 bridgehead atoms. The first-order valence-electron chi connectivity index (χ1n) is 13.9. The highest BCUT2D eigenvalue weighted by atomic mass is 35.5. The van der Waals surface area contributed by atoms with E-state index >= 15 is 0 Å². The van der Waals surface area contributed by atoms with Gasteiger partial charge in [-0.25, -0.2) is 8.42 Å². The number of benzene rings is 3. The van der Waals surface area contributed by atoms with E-state index in [1.807, 2.05) is 13.8 Å². The maximum atomic E-state index is 14.2. The van der Waals surface area contributed by atoms with Gasteiger partial charge in [0.05, 0.1) is 15.6 Å². The summed E-state index contributed by atoms with van der Waals surface area (Å²) in [7, 11) is -4.22. The van der Waals surface area contributed by atoms with Crippen molar-refractivity contribution in [2.75, 3.05) is 10.8 Å². The van der Waals surface area contributed by atoms with Crippen LogP contribution in [0.4, 0.5) is 5.69 Å². The molecule has 0 aliphatic heterocycles. The fourth-order valence-electron chi connectivity index (χ4n) is 5.13. The van der Waals surface area contributed by atoms with Crippen LogP contribution in [0, 0.1) is 6.92 Å². The highest BCUT2D eigenvalue weighted by Gasteiger charge is 2.35. The molecule has 224 valence electrons. The van der Waals surface area contributed by atoms with E-state index < -0.39 is 28.5 Å². The van der Waals surface area contributed by atoms with Crippen molar-refractivity contribution < 1.29 is 18.0 Å². The average molecular weight is 651 g/mol. The smallest absolute Gasteiger partial charge is 0.264 e. The van der Waals surface area contributed by atoms with Gasteiger partial charge in [-0.05, 0) is 68.1 Å². The summed E-state index contributed by atoms with van der Waals surface area (Å²) in [6.45, 7) is 3.06. The second kappa shape index (κ2) is 14.1. The van der Waals surface area contributed by atoms with Crippen LogP contribution in [0.15, 0.2) is 71.6 Å². The van der Waals surface area contributed by atoms with Crippen LogP contribution in [0.25, 0.3) is 0 Å². The molecule has 0 aromatic heterocycles. The second-order valence-electron chi connectivity index (χ2n) is 10.4. The quantitative estimate of drug-likeness (QED) is 0.242. The van der Waals surface area contributed by atoms with Gasteiger partial charge in [0.2, 0.25) is 11.8 Å². The zero-order valence-corrected chi connectivity index (χ0v) is 26.6. The Labute approximate surface area is 262 Å². The second-order valence-corrected chi connectivity index (χ2v) is 13.6. The predicted molar refractivity (Wildman–Crippen MR) is 169 cm³/mol. The lowest BCUT2D eigenvalue weighted by atomic mass is 10.1. The number of carbonyl (C=O) groups excluding carboxylic acids is 2. The highest BCUT2D eigenvalue weighted by Crippen LogP contribution is 2.31. The number of sulfonamides is 1. The van der Waals surface area contributed by atoms with Crippen molar-refractivity contribution in [3.63, 3.8) is 0 Å². The Bertz CT molecular complexity index is 1530. The molecule has 1 saturated carbocycles. The van der Waals surface area contributed by atoms with E-state index in [0.717, 1.165) is 35.6 Å². The zero-order valence-electron chi connectivity index (χ0n) is 23.5. The predicted octanol–water partition coefficient (Wildman–Crippen LogP) is 7.02. The average Bonchev–Trinajstić information content (AvgIpc) is 3.46. The molecule has 4 rings (SSSR count). The molecule has 11 heteroatoms. The summed E-state index contributed by atoms with van der Waals surface area (Å²) >= 11 is 19.1. The van der Waals surface area contributed by atoms with Gasteiger partial charge >= 0.3 is 0 Å². The molecule has 2 amide bonds. The van der Waals surface area contributed by atoms with Gasteiger partial charge in [-0.2, -0.15) is 0 Å². The van der Waals surface area contributed by atoms with Gasteiger partial charge in [0.1, 0.15) is 12.6 Å². The number of halogens is 3. The van der Waals surface area contributed by atoms with Crippen molar-refractivity contribution in [2.24, 2.45) is 0 Å². The normalized spacial score (nSPS) is 14.4. The fraction of sp³-hybridized carbons (Fsp3) is 0.355. The standard InChI is InChI=1S/C31H34Cl3N3O4S/c1-3-28(31(39)35-24-8-4-5-9-24)36(19-22-14-15-23(32)18-27(22)34)30(38)20-37(29-11-7-6-10-26(29)33)42(40,41)25-16-12-21(2)13-17-25/h6-7,10-18,24,28H,3-5,8-9,19-20H2,1-2H3,(H,35,39). The molecule has 0 spiro atoms. The number of hydrogen-bond donors (Lipinski definition) is 1. The molecular weight excluding hydrogens is 617 g/mol. The van der Waals surface area contributed by atoms with Gasteiger partial charge in [0.25, 0.3) is 10.0 Å². The van der Waals surface area contributed by atoms with Crippen molar-refractivity contribution in [2.45, 2.75) is 69.5 Å². The Morgan fingerprint density at radius 2 is 1.62 bits per heavy atom. The Morgan fingerprint density at radius 1 is 0.952 bits per heavy atom. The lowest BCUT2D eigenvalue weighted by molar-refractivity contribution is -0.140. The highest BCUT2D eigenvalue weighted by molar-refractivity contribution is 7.92. The molecule has 3 aromatic carbocycles. The summed E-state index contributed by atoms with van der Waals surface area (Å²) < 4.78 is 29.0. The molecule has 42 heavy (non-hydrogen) atoms. The number of nitrogens with zero attached hydrogens (tertiary/aromatic N) is 2. The van der Waals surface area contributed by atoms with Gasteiger partial charge in [-0.1, -0.05) is 90.5 Å². The summed E-state index contributed by atoms with van der Waals surface area (Å²) in [5, 5.41) is 4.02. The van der Waals surface area contributed by atoms with Crippen LogP contribution in [-0.2, 0) is 26.2 Å². The number of anilines is 1. The number of amides is 2. The van der Waals surface area contributed by atoms with E-state index in [2.05, 4.69) is 5.32 Å². The molecule has 1 unspecified atom stereocenters. The van der Waals surface area contributed by atoms with Gasteiger partial charge < -0.3 is 10.2 Å². The van der Waals surface area contributed by atoms with Crippen molar-refractivity contribution in [3.05, 3.63) is 92.9 Å². The molecule has 1 N–H and O–H groups in total. The summed E-state index contributed by atoms with van der Waals surface area (Å²) in [5.74, 6) is -0.862. The summed E-state index contributed by atoms with van der Waals surface area (Å²) in [6.07, 6.45) is 4.15. The van der Waals surface area contributed by atoms with E-state index in [-0.39, 0.29) is 34.1 Å². The molecule has 7 nitrogen and oxygen atoms in total. The molecule has 0 radical (unpaired) electrons. The Hall–Kier alpha value is -2.78. The molecule has 0 saturated heterocycles. The Kier molecular flexibility index (Phi) is 10.8. The number of nitrogens with one attached hydrogen (secondary N) is 1. The van der Waals surface area contributed by atoms with Gasteiger partial charge in [0, 0.05) is 22.6 Å². The number of carbonyl (C=O) groups is 2. The number of rotatable bonds is 11. The number of para-hydroxylation sites is 1. The Balaban J connectivity index is 1.74. The number of hydrogen-bond acceptors (Lipinski definition) is 4. The van der Waals surface area contributed by atoms with Crippen LogP contribution in [0.3, 0.4) is 0 Å². The summed E-state index contributed by atoms with van der Waals surface area (Å²) in [4.78, 5) is 29.2. The SMILES string of the molecule is CCC(C(=O)NC1CCCC1)N(Cc1ccc(Cl)cc1Cl)C(=O)CN(c1ccccc1Cl)S(=O)(=O)c1ccc(C)cc1. The maximum Gasteiger partial charge on any atom is 0.264 e. The molecule has 1 aliphatic carbocycles. The van der Waals surface area contributed by atoms with Crippen LogP contribution in [0.1, 0.15) is 50.2 Å². The molecule has 0 heterocycles. The minimum absolute atomic E-state index is 0.0131. The third kappa shape index (κ3) is 7.59. The molecule has 1 aliphatic rings. The van der Waals surface area contributed by atoms with Crippen LogP contribution in [0.2, 0.25) is 15.1 Å². The van der Waals surface area contributed by atoms with E-state index in [1.54, 1.807) is 54.6 Å². The fourth-order valence-corrected chi connectivity index (χ4v) is 7.31. The maximum absolute atomic E-state index is 14.2. The van der Waals surface area contributed by atoms with Crippen molar-refractivity contribution >= 4 is 62.3 Å². The lowest BCUT2D eigenvalue weighted by Gasteiger charge is -2.34. The number of aryl methyl sites for hydroxylation is 1. The van der Waals surface area contributed by atoms with E-state index in [1.165, 1.54) is 17.0 Å². The summed E-state index contributed by atoms with van der Waals surface area (Å²) in [5.41, 5.74) is 1.62. The molecule has 1 atom stereocenters. The summed E-state index contributed by atoms with van der Waals surface area (Å²) in [6, 6.07) is 16.9. The third-order valence-corrected chi connectivity index (χ3v) is 10.1. The zero-order chi connectivity index (χ0) is 30.4. The third-order valence-electron chi connectivity index (χ3n) is 7.45. The largest absolute Gasteiger partial charge is 0.352 e. The first-order valence-corrected chi connectivity index (χ1v) is 16.5. The van der Waals surface area contributed by atoms with Crippen LogP contribution in [-0.4, -0.2) is 43.8 Å².